The van der Waals surface area contributed by atoms with E-state index in [1.807, 2.05) is 31.2 Å². The standard InChI is InChI=1S/C20H24FNO3S/c1-16-5-4-6-18(13-16)15-26(23,24)22-11-9-17(10-12-22)14-25-20-8-3-2-7-19(20)21/h2-8,13,17H,9-12,14-15H2,1H3. The first-order valence-corrected chi connectivity index (χ1v) is 10.5. The molecule has 0 spiro atoms. The second-order valence-corrected chi connectivity index (χ2v) is 8.80. The number of sulfonamides is 1. The molecule has 1 fully saturated rings. The van der Waals surface area contributed by atoms with Crippen molar-refractivity contribution >= 4 is 10.0 Å². The zero-order valence-electron chi connectivity index (χ0n) is 14.9. The van der Waals surface area contributed by atoms with Crippen LogP contribution in [-0.4, -0.2) is 32.4 Å². The molecular formula is C20H24FNO3S. The molecule has 1 aliphatic heterocycles. The number of rotatable bonds is 6. The Bertz CT molecular complexity index is 846. The summed E-state index contributed by atoms with van der Waals surface area (Å²) in [4.78, 5) is 0. The highest BCUT2D eigenvalue weighted by Gasteiger charge is 2.28. The Labute approximate surface area is 154 Å². The van der Waals surface area contributed by atoms with Crippen LogP contribution in [0.1, 0.15) is 24.0 Å². The molecule has 140 valence electrons. The van der Waals surface area contributed by atoms with E-state index in [0.717, 1.165) is 24.0 Å². The molecule has 0 aliphatic carbocycles. The summed E-state index contributed by atoms with van der Waals surface area (Å²) in [5, 5.41) is 0. The predicted molar refractivity (Wildman–Crippen MR) is 100.0 cm³/mol. The topological polar surface area (TPSA) is 46.6 Å². The largest absolute Gasteiger partial charge is 0.490 e. The maximum atomic E-state index is 13.6. The van der Waals surface area contributed by atoms with Gasteiger partial charge in [0, 0.05) is 13.1 Å². The second kappa shape index (κ2) is 8.18. The smallest absolute Gasteiger partial charge is 0.218 e. The maximum absolute atomic E-state index is 13.6. The molecule has 0 bridgehead atoms. The van der Waals surface area contributed by atoms with Gasteiger partial charge in [0.05, 0.1) is 12.4 Å². The van der Waals surface area contributed by atoms with E-state index in [4.69, 9.17) is 4.74 Å². The molecule has 1 aliphatic rings. The quantitative estimate of drug-likeness (QED) is 0.770. The van der Waals surface area contributed by atoms with Gasteiger partial charge in [-0.25, -0.2) is 17.1 Å². The summed E-state index contributed by atoms with van der Waals surface area (Å²) in [5.41, 5.74) is 1.87. The number of hydrogen-bond donors (Lipinski definition) is 0. The van der Waals surface area contributed by atoms with E-state index in [9.17, 15) is 12.8 Å². The Morgan fingerprint density at radius 2 is 1.85 bits per heavy atom. The van der Waals surface area contributed by atoms with Gasteiger partial charge in [0.1, 0.15) is 0 Å². The van der Waals surface area contributed by atoms with Crippen LogP contribution in [0.4, 0.5) is 4.39 Å². The van der Waals surface area contributed by atoms with E-state index >= 15 is 0 Å². The van der Waals surface area contributed by atoms with Crippen molar-refractivity contribution in [1.82, 2.24) is 4.31 Å². The van der Waals surface area contributed by atoms with Crippen LogP contribution in [0.2, 0.25) is 0 Å². The fourth-order valence-corrected chi connectivity index (χ4v) is 4.78. The number of aryl methyl sites for hydroxylation is 1. The molecule has 1 saturated heterocycles. The van der Waals surface area contributed by atoms with E-state index in [-0.39, 0.29) is 23.2 Å². The molecule has 0 amide bonds. The number of hydrogen-bond acceptors (Lipinski definition) is 3. The third-order valence-electron chi connectivity index (χ3n) is 4.71. The van der Waals surface area contributed by atoms with Crippen LogP contribution >= 0.6 is 0 Å². The van der Waals surface area contributed by atoms with Crippen molar-refractivity contribution in [1.29, 1.82) is 0 Å². The number of benzene rings is 2. The van der Waals surface area contributed by atoms with Gasteiger partial charge in [0.15, 0.2) is 11.6 Å². The summed E-state index contributed by atoms with van der Waals surface area (Å²) in [6.07, 6.45) is 1.45. The molecule has 0 atom stereocenters. The number of ether oxygens (including phenoxy) is 1. The van der Waals surface area contributed by atoms with Crippen LogP contribution in [0.3, 0.4) is 0 Å². The summed E-state index contributed by atoms with van der Waals surface area (Å²) < 4.78 is 46.0. The van der Waals surface area contributed by atoms with Gasteiger partial charge in [-0.1, -0.05) is 42.0 Å². The van der Waals surface area contributed by atoms with E-state index in [1.54, 1.807) is 22.5 Å². The molecule has 4 nitrogen and oxygen atoms in total. The Balaban J connectivity index is 1.52. The van der Waals surface area contributed by atoms with Crippen molar-refractivity contribution in [2.75, 3.05) is 19.7 Å². The Morgan fingerprint density at radius 1 is 1.12 bits per heavy atom. The summed E-state index contributed by atoms with van der Waals surface area (Å²) in [6, 6.07) is 13.9. The van der Waals surface area contributed by atoms with Crippen LogP contribution in [0.15, 0.2) is 48.5 Å². The van der Waals surface area contributed by atoms with Crippen molar-refractivity contribution in [3.05, 3.63) is 65.5 Å². The molecule has 0 aromatic heterocycles. The molecule has 26 heavy (non-hydrogen) atoms. The maximum Gasteiger partial charge on any atom is 0.218 e. The van der Waals surface area contributed by atoms with E-state index in [1.165, 1.54) is 6.07 Å². The summed E-state index contributed by atoms with van der Waals surface area (Å²) in [5.74, 6) is 0.151. The summed E-state index contributed by atoms with van der Waals surface area (Å²) >= 11 is 0. The molecule has 1 heterocycles. The lowest BCUT2D eigenvalue weighted by Gasteiger charge is -2.31. The third-order valence-corrected chi connectivity index (χ3v) is 6.56. The van der Waals surface area contributed by atoms with Crippen molar-refractivity contribution in [2.24, 2.45) is 5.92 Å². The summed E-state index contributed by atoms with van der Waals surface area (Å²) in [6.45, 7) is 3.34. The average molecular weight is 377 g/mol. The second-order valence-electron chi connectivity index (χ2n) is 6.83. The number of piperidine rings is 1. The lowest BCUT2D eigenvalue weighted by atomic mass is 9.99. The molecule has 0 unspecified atom stereocenters. The van der Waals surface area contributed by atoms with Gasteiger partial charge < -0.3 is 4.74 Å². The number of nitrogens with zero attached hydrogens (tertiary/aromatic N) is 1. The van der Waals surface area contributed by atoms with Crippen molar-refractivity contribution in [2.45, 2.75) is 25.5 Å². The Morgan fingerprint density at radius 3 is 2.54 bits per heavy atom. The van der Waals surface area contributed by atoms with Gasteiger partial charge in [-0.05, 0) is 43.4 Å². The minimum Gasteiger partial charge on any atom is -0.490 e. The van der Waals surface area contributed by atoms with E-state index < -0.39 is 10.0 Å². The van der Waals surface area contributed by atoms with Crippen LogP contribution in [0, 0.1) is 18.7 Å². The molecular weight excluding hydrogens is 353 g/mol. The van der Waals surface area contributed by atoms with Gasteiger partial charge in [0.2, 0.25) is 10.0 Å². The lowest BCUT2D eigenvalue weighted by molar-refractivity contribution is 0.181. The SMILES string of the molecule is Cc1cccc(CS(=O)(=O)N2CCC(COc3ccccc3F)CC2)c1. The van der Waals surface area contributed by atoms with Crippen LogP contribution in [0.25, 0.3) is 0 Å². The van der Waals surface area contributed by atoms with E-state index in [2.05, 4.69) is 0 Å². The molecule has 2 aromatic carbocycles. The highest BCUT2D eigenvalue weighted by atomic mass is 32.2. The van der Waals surface area contributed by atoms with Gasteiger partial charge >= 0.3 is 0 Å². The van der Waals surface area contributed by atoms with Gasteiger partial charge in [0.25, 0.3) is 0 Å². The molecule has 0 N–H and O–H groups in total. The summed E-state index contributed by atoms with van der Waals surface area (Å²) in [7, 11) is -3.32. The molecule has 0 saturated carbocycles. The third kappa shape index (κ3) is 4.83. The van der Waals surface area contributed by atoms with Gasteiger partial charge in [-0.3, -0.25) is 0 Å². The molecule has 0 radical (unpaired) electrons. The first-order chi connectivity index (χ1) is 12.4. The normalized spacial score (nSPS) is 16.5. The van der Waals surface area contributed by atoms with E-state index in [0.29, 0.717) is 19.7 Å². The number of para-hydroxylation sites is 1. The minimum absolute atomic E-state index is 0.0328. The van der Waals surface area contributed by atoms with Gasteiger partial charge in [-0.15, -0.1) is 0 Å². The fourth-order valence-electron chi connectivity index (χ4n) is 3.23. The van der Waals surface area contributed by atoms with Crippen molar-refractivity contribution in [3.63, 3.8) is 0 Å². The zero-order valence-corrected chi connectivity index (χ0v) is 15.7. The van der Waals surface area contributed by atoms with Crippen molar-refractivity contribution < 1.29 is 17.5 Å². The zero-order chi connectivity index (χ0) is 18.6. The monoisotopic (exact) mass is 377 g/mol. The minimum atomic E-state index is -3.32. The highest BCUT2D eigenvalue weighted by molar-refractivity contribution is 7.88. The Hall–Kier alpha value is -1.92. The van der Waals surface area contributed by atoms with Gasteiger partial charge in [-0.2, -0.15) is 0 Å². The lowest BCUT2D eigenvalue weighted by Crippen LogP contribution is -2.40. The Kier molecular flexibility index (Phi) is 5.94. The molecule has 3 rings (SSSR count). The highest BCUT2D eigenvalue weighted by Crippen LogP contribution is 2.24. The van der Waals surface area contributed by atoms with Crippen LogP contribution < -0.4 is 4.74 Å². The first kappa shape index (κ1) is 18.9. The van der Waals surface area contributed by atoms with Crippen LogP contribution in [0.5, 0.6) is 5.75 Å². The number of halogens is 1. The predicted octanol–water partition coefficient (Wildman–Crippen LogP) is 3.75. The fraction of sp³-hybridized carbons (Fsp3) is 0.400. The van der Waals surface area contributed by atoms with Crippen molar-refractivity contribution in [3.8, 4) is 5.75 Å². The molecule has 2 aromatic rings. The first-order valence-electron chi connectivity index (χ1n) is 8.85. The molecule has 6 heteroatoms. The van der Waals surface area contributed by atoms with Crippen LogP contribution in [-0.2, 0) is 15.8 Å². The average Bonchev–Trinajstić information content (AvgIpc) is 2.61.